The van der Waals surface area contributed by atoms with Crippen LogP contribution in [-0.4, -0.2) is 81.2 Å². The molecule has 3 amide bonds. The topological polar surface area (TPSA) is 116 Å². The first-order valence-electron chi connectivity index (χ1n) is 11.4. The Balaban J connectivity index is 1.74. The van der Waals surface area contributed by atoms with Gasteiger partial charge in [0.15, 0.2) is 0 Å². The average molecular weight is 492 g/mol. The van der Waals surface area contributed by atoms with Crippen LogP contribution < -0.4 is 5.32 Å². The third kappa shape index (κ3) is 5.65. The molecule has 0 saturated carbocycles. The molecule has 1 aromatic rings. The SMILES string of the molecule is C[C@H](NC(=O)C1(c2ccccc2)CCN(C(=O)[C@H]2CSCN2C(=O)OC(C)(C)C)CC1)C(=O)O. The molecule has 2 atom stereocenters. The van der Waals surface area contributed by atoms with Gasteiger partial charge < -0.3 is 20.1 Å². The van der Waals surface area contributed by atoms with E-state index in [1.807, 2.05) is 30.3 Å². The van der Waals surface area contributed by atoms with E-state index in [0.29, 0.717) is 37.6 Å². The van der Waals surface area contributed by atoms with Crippen molar-refractivity contribution >= 4 is 35.6 Å². The molecule has 0 bridgehead atoms. The number of ether oxygens (including phenoxy) is 1. The summed E-state index contributed by atoms with van der Waals surface area (Å²) in [6, 6.07) is 7.64. The van der Waals surface area contributed by atoms with Gasteiger partial charge in [0.05, 0.1) is 11.3 Å². The predicted molar refractivity (Wildman–Crippen MR) is 128 cm³/mol. The number of hydrogen-bond acceptors (Lipinski definition) is 6. The largest absolute Gasteiger partial charge is 0.480 e. The van der Waals surface area contributed by atoms with Crippen LogP contribution in [0.2, 0.25) is 0 Å². The Morgan fingerprint density at radius 3 is 2.32 bits per heavy atom. The number of aliphatic carboxylic acids is 1. The smallest absolute Gasteiger partial charge is 0.411 e. The Hall–Kier alpha value is -2.75. The van der Waals surface area contributed by atoms with Crippen LogP contribution in [0.15, 0.2) is 30.3 Å². The first-order chi connectivity index (χ1) is 15.9. The molecule has 10 heteroatoms. The quantitative estimate of drug-likeness (QED) is 0.650. The second-order valence-electron chi connectivity index (χ2n) is 9.77. The van der Waals surface area contributed by atoms with Gasteiger partial charge in [-0.1, -0.05) is 30.3 Å². The number of benzene rings is 1. The molecule has 186 valence electrons. The van der Waals surface area contributed by atoms with Crippen molar-refractivity contribution in [3.63, 3.8) is 0 Å². The van der Waals surface area contributed by atoms with Gasteiger partial charge in [-0.2, -0.15) is 0 Å². The molecular weight excluding hydrogens is 458 g/mol. The number of amides is 3. The van der Waals surface area contributed by atoms with E-state index in [4.69, 9.17) is 4.74 Å². The number of carbonyl (C=O) groups excluding carboxylic acids is 3. The molecular formula is C24H33N3O6S. The molecule has 34 heavy (non-hydrogen) atoms. The summed E-state index contributed by atoms with van der Waals surface area (Å²) < 4.78 is 5.47. The number of carboxylic acids is 1. The van der Waals surface area contributed by atoms with Crippen molar-refractivity contribution in [1.29, 1.82) is 0 Å². The molecule has 9 nitrogen and oxygen atoms in total. The third-order valence-electron chi connectivity index (χ3n) is 6.20. The standard InChI is InChI=1S/C24H33N3O6S/c1-16(20(29)30)25-21(31)24(17-8-6-5-7-9-17)10-12-26(13-11-24)19(28)18-14-34-15-27(18)22(32)33-23(2,3)4/h5-9,16,18H,10-15H2,1-4H3,(H,25,31)(H,29,30)/t16-,18+/m0/s1. The summed E-state index contributed by atoms with van der Waals surface area (Å²) >= 11 is 1.51. The van der Waals surface area contributed by atoms with Crippen molar-refractivity contribution < 1.29 is 29.0 Å². The van der Waals surface area contributed by atoms with Crippen molar-refractivity contribution in [1.82, 2.24) is 15.1 Å². The Bertz CT molecular complexity index is 924. The molecule has 2 heterocycles. The molecule has 0 spiro atoms. The highest BCUT2D eigenvalue weighted by Crippen LogP contribution is 2.37. The zero-order valence-corrected chi connectivity index (χ0v) is 20.9. The maximum absolute atomic E-state index is 13.4. The lowest BCUT2D eigenvalue weighted by Gasteiger charge is -2.42. The molecule has 1 aromatic carbocycles. The Morgan fingerprint density at radius 1 is 1.15 bits per heavy atom. The number of hydrogen-bond donors (Lipinski definition) is 2. The van der Waals surface area contributed by atoms with E-state index >= 15 is 0 Å². The van der Waals surface area contributed by atoms with Gasteiger partial charge in [-0.05, 0) is 46.1 Å². The van der Waals surface area contributed by atoms with Gasteiger partial charge in [0, 0.05) is 18.8 Å². The highest BCUT2D eigenvalue weighted by Gasteiger charge is 2.46. The monoisotopic (exact) mass is 491 g/mol. The van der Waals surface area contributed by atoms with Crippen LogP contribution >= 0.6 is 11.8 Å². The van der Waals surface area contributed by atoms with Crippen LogP contribution in [0.4, 0.5) is 4.79 Å². The summed E-state index contributed by atoms with van der Waals surface area (Å²) in [6.07, 6.45) is 0.203. The number of carboxylic acid groups (broad SMARTS) is 1. The molecule has 0 aromatic heterocycles. The number of likely N-dealkylation sites (tertiary alicyclic amines) is 1. The number of piperidine rings is 1. The minimum absolute atomic E-state index is 0.156. The van der Waals surface area contributed by atoms with Crippen molar-refractivity contribution in [3.8, 4) is 0 Å². The summed E-state index contributed by atoms with van der Waals surface area (Å²) in [4.78, 5) is 53.7. The zero-order chi connectivity index (χ0) is 25.1. The highest BCUT2D eigenvalue weighted by molar-refractivity contribution is 7.99. The summed E-state index contributed by atoms with van der Waals surface area (Å²) in [5.74, 6) is -0.730. The molecule has 2 saturated heterocycles. The molecule has 2 aliphatic heterocycles. The van der Waals surface area contributed by atoms with Crippen molar-refractivity contribution in [2.45, 2.75) is 63.6 Å². The van der Waals surface area contributed by atoms with E-state index in [9.17, 15) is 24.3 Å². The normalized spacial score (nSPS) is 21.0. The van der Waals surface area contributed by atoms with Gasteiger partial charge in [-0.25, -0.2) is 4.79 Å². The minimum atomic E-state index is -1.11. The average Bonchev–Trinajstić information content (AvgIpc) is 3.28. The van der Waals surface area contributed by atoms with Gasteiger partial charge in [0.2, 0.25) is 11.8 Å². The van der Waals surface area contributed by atoms with E-state index in [2.05, 4.69) is 5.32 Å². The molecule has 0 radical (unpaired) electrons. The highest BCUT2D eigenvalue weighted by atomic mass is 32.2. The summed E-state index contributed by atoms with van der Waals surface area (Å²) in [5, 5.41) is 11.9. The first kappa shape index (κ1) is 25.9. The Kier molecular flexibility index (Phi) is 7.80. The fourth-order valence-electron chi connectivity index (χ4n) is 4.27. The third-order valence-corrected chi connectivity index (χ3v) is 7.22. The van der Waals surface area contributed by atoms with Crippen LogP contribution in [-0.2, 0) is 24.5 Å². The number of nitrogens with one attached hydrogen (secondary N) is 1. The molecule has 2 fully saturated rings. The Labute approximate surface area is 204 Å². The number of rotatable bonds is 5. The van der Waals surface area contributed by atoms with Crippen LogP contribution in [0.25, 0.3) is 0 Å². The van der Waals surface area contributed by atoms with E-state index in [1.54, 1.807) is 25.7 Å². The number of carbonyl (C=O) groups is 4. The second kappa shape index (κ2) is 10.2. The van der Waals surface area contributed by atoms with Gasteiger partial charge in [-0.3, -0.25) is 19.3 Å². The first-order valence-corrected chi connectivity index (χ1v) is 12.6. The molecule has 0 unspecified atom stereocenters. The lowest BCUT2D eigenvalue weighted by atomic mass is 9.71. The summed E-state index contributed by atoms with van der Waals surface area (Å²) in [5.41, 5.74) is -0.792. The minimum Gasteiger partial charge on any atom is -0.480 e. The molecule has 0 aliphatic carbocycles. The number of thioether (sulfide) groups is 1. The van der Waals surface area contributed by atoms with Gasteiger partial charge in [0.1, 0.15) is 17.7 Å². The van der Waals surface area contributed by atoms with Gasteiger partial charge in [-0.15, -0.1) is 11.8 Å². The number of nitrogens with zero attached hydrogens (tertiary/aromatic N) is 2. The maximum Gasteiger partial charge on any atom is 0.411 e. The second-order valence-corrected chi connectivity index (χ2v) is 10.8. The van der Waals surface area contributed by atoms with Crippen molar-refractivity contribution in [2.75, 3.05) is 24.7 Å². The van der Waals surface area contributed by atoms with Crippen LogP contribution in [0, 0.1) is 0 Å². The maximum atomic E-state index is 13.4. The van der Waals surface area contributed by atoms with E-state index < -0.39 is 35.2 Å². The summed E-state index contributed by atoms with van der Waals surface area (Å²) in [7, 11) is 0. The van der Waals surface area contributed by atoms with Gasteiger partial charge in [0.25, 0.3) is 0 Å². The fourth-order valence-corrected chi connectivity index (χ4v) is 5.40. The van der Waals surface area contributed by atoms with Crippen molar-refractivity contribution in [3.05, 3.63) is 35.9 Å². The molecule has 2 N–H and O–H groups in total. The summed E-state index contributed by atoms with van der Waals surface area (Å²) in [6.45, 7) is 7.44. The van der Waals surface area contributed by atoms with Crippen LogP contribution in [0.1, 0.15) is 46.1 Å². The predicted octanol–water partition coefficient (Wildman–Crippen LogP) is 2.45. The van der Waals surface area contributed by atoms with Gasteiger partial charge >= 0.3 is 12.1 Å². The van der Waals surface area contributed by atoms with E-state index in [-0.39, 0.29) is 11.8 Å². The van der Waals surface area contributed by atoms with E-state index in [1.165, 1.54) is 23.6 Å². The molecule has 2 aliphatic rings. The van der Waals surface area contributed by atoms with E-state index in [0.717, 1.165) is 5.56 Å². The molecule has 3 rings (SSSR count). The zero-order valence-electron chi connectivity index (χ0n) is 20.1. The lowest BCUT2D eigenvalue weighted by Crippen LogP contribution is -2.57. The van der Waals surface area contributed by atoms with Crippen molar-refractivity contribution in [2.24, 2.45) is 0 Å². The van der Waals surface area contributed by atoms with Crippen LogP contribution in [0.3, 0.4) is 0 Å². The fraction of sp³-hybridized carbons (Fsp3) is 0.583. The Morgan fingerprint density at radius 2 is 1.76 bits per heavy atom. The lowest BCUT2D eigenvalue weighted by molar-refractivity contribution is -0.143. The van der Waals surface area contributed by atoms with Crippen LogP contribution in [0.5, 0.6) is 0 Å².